The summed E-state index contributed by atoms with van der Waals surface area (Å²) >= 11 is 0. The highest BCUT2D eigenvalue weighted by Gasteiger charge is 2.51. The predicted octanol–water partition coefficient (Wildman–Crippen LogP) is 2.56. The fraction of sp³-hybridized carbons (Fsp3) is 0.842. The van der Waals surface area contributed by atoms with E-state index in [9.17, 15) is 4.79 Å². The Labute approximate surface area is 149 Å². The molecule has 0 spiro atoms. The number of nitrogens with one attached hydrogen (secondary N) is 2. The van der Waals surface area contributed by atoms with Crippen LogP contribution in [0.5, 0.6) is 0 Å². The minimum atomic E-state index is 0.0568. The topological polar surface area (TPSA) is 71.8 Å². The zero-order valence-corrected chi connectivity index (χ0v) is 15.1. The number of hydrogen-bond donors (Lipinski definition) is 2. The van der Waals surface area contributed by atoms with Gasteiger partial charge in [0.2, 0.25) is 0 Å². The van der Waals surface area contributed by atoms with Gasteiger partial charge >= 0.3 is 6.03 Å². The van der Waals surface area contributed by atoms with Crippen molar-refractivity contribution in [3.05, 3.63) is 11.6 Å². The van der Waals surface area contributed by atoms with Crippen LogP contribution < -0.4 is 10.6 Å². The molecule has 0 aromatic carbocycles. The lowest BCUT2D eigenvalue weighted by molar-refractivity contribution is -0.0136. The average molecular weight is 343 g/mol. The van der Waals surface area contributed by atoms with E-state index >= 15 is 0 Å². The Morgan fingerprint density at radius 1 is 1.08 bits per heavy atom. The van der Waals surface area contributed by atoms with Gasteiger partial charge in [-0.1, -0.05) is 0 Å². The highest BCUT2D eigenvalue weighted by molar-refractivity contribution is 5.75. The summed E-state index contributed by atoms with van der Waals surface area (Å²) < 4.78 is 2.19. The highest BCUT2D eigenvalue weighted by Crippen LogP contribution is 2.55. The van der Waals surface area contributed by atoms with Crippen LogP contribution in [0.25, 0.3) is 0 Å². The van der Waals surface area contributed by atoms with Crippen LogP contribution >= 0.6 is 0 Å². The molecule has 6 nitrogen and oxygen atoms in total. The highest BCUT2D eigenvalue weighted by atomic mass is 16.2. The summed E-state index contributed by atoms with van der Waals surface area (Å²) in [6.45, 7) is 2.90. The van der Waals surface area contributed by atoms with Gasteiger partial charge in [0, 0.05) is 24.5 Å². The second-order valence-electron chi connectivity index (χ2n) is 9.14. The smallest absolute Gasteiger partial charge is 0.315 e. The van der Waals surface area contributed by atoms with E-state index in [-0.39, 0.29) is 17.6 Å². The molecule has 25 heavy (non-hydrogen) atoms. The van der Waals surface area contributed by atoms with Crippen LogP contribution in [0, 0.1) is 24.7 Å². The Morgan fingerprint density at radius 3 is 2.44 bits per heavy atom. The van der Waals surface area contributed by atoms with Crippen LogP contribution in [0.1, 0.15) is 63.0 Å². The van der Waals surface area contributed by atoms with Crippen molar-refractivity contribution < 1.29 is 4.79 Å². The first-order valence-corrected chi connectivity index (χ1v) is 10.1. The van der Waals surface area contributed by atoms with Crippen molar-refractivity contribution in [1.82, 2.24) is 25.4 Å². The normalized spacial score (nSPS) is 38.9. The number of carbonyl (C=O) groups excluding carboxylic acids is 1. The molecule has 1 aromatic heterocycles. The van der Waals surface area contributed by atoms with Crippen LogP contribution in [0.3, 0.4) is 0 Å². The monoisotopic (exact) mass is 343 g/mol. The molecule has 4 aliphatic carbocycles. The Kier molecular flexibility index (Phi) is 3.57. The molecule has 2 amide bonds. The van der Waals surface area contributed by atoms with Gasteiger partial charge in [0.05, 0.1) is 0 Å². The van der Waals surface area contributed by atoms with Gasteiger partial charge in [0.15, 0.2) is 0 Å². The van der Waals surface area contributed by atoms with Gasteiger partial charge in [-0.3, -0.25) is 0 Å². The summed E-state index contributed by atoms with van der Waals surface area (Å²) in [5.41, 5.74) is 0.0941. The van der Waals surface area contributed by atoms with E-state index < -0.39 is 0 Å². The number of aromatic nitrogens is 3. The Bertz CT molecular complexity index is 646. The van der Waals surface area contributed by atoms with Gasteiger partial charge in [-0.25, -0.2) is 4.79 Å². The predicted molar refractivity (Wildman–Crippen MR) is 94.1 cm³/mol. The number of amides is 2. The molecule has 1 aromatic rings. The van der Waals surface area contributed by atoms with Gasteiger partial charge in [-0.15, -0.1) is 10.2 Å². The second-order valence-corrected chi connectivity index (χ2v) is 9.14. The zero-order chi connectivity index (χ0) is 17.0. The number of fused-ring (bicyclic) bond motifs is 1. The summed E-state index contributed by atoms with van der Waals surface area (Å²) in [4.78, 5) is 12.7. The number of aryl methyl sites for hydroxylation is 2. The van der Waals surface area contributed by atoms with Crippen LogP contribution in [0.15, 0.2) is 0 Å². The Hall–Kier alpha value is -1.59. The first kappa shape index (κ1) is 15.6. The molecule has 136 valence electrons. The summed E-state index contributed by atoms with van der Waals surface area (Å²) in [7, 11) is 0. The van der Waals surface area contributed by atoms with Crippen molar-refractivity contribution in [1.29, 1.82) is 0 Å². The molecule has 4 saturated carbocycles. The van der Waals surface area contributed by atoms with Crippen molar-refractivity contribution >= 4 is 6.03 Å². The van der Waals surface area contributed by atoms with Crippen LogP contribution in [0.2, 0.25) is 0 Å². The molecule has 5 aliphatic rings. The molecular weight excluding hydrogens is 314 g/mol. The fourth-order valence-corrected chi connectivity index (χ4v) is 6.50. The van der Waals surface area contributed by atoms with Crippen LogP contribution in [-0.4, -0.2) is 32.4 Å². The molecule has 1 unspecified atom stereocenters. The van der Waals surface area contributed by atoms with Crippen molar-refractivity contribution in [3.8, 4) is 0 Å². The minimum absolute atomic E-state index is 0.0568. The third-order valence-electron chi connectivity index (χ3n) is 7.18. The lowest BCUT2D eigenvalue weighted by atomic mass is 9.53. The molecule has 6 heteroatoms. The van der Waals surface area contributed by atoms with Gasteiger partial charge in [0.1, 0.15) is 11.6 Å². The van der Waals surface area contributed by atoms with E-state index in [1.807, 2.05) is 6.92 Å². The molecule has 2 N–H and O–H groups in total. The second kappa shape index (κ2) is 5.71. The van der Waals surface area contributed by atoms with Gasteiger partial charge in [-0.2, -0.15) is 0 Å². The zero-order valence-electron chi connectivity index (χ0n) is 15.1. The lowest BCUT2D eigenvalue weighted by Crippen LogP contribution is -2.62. The number of carbonyl (C=O) groups is 1. The van der Waals surface area contributed by atoms with E-state index in [2.05, 4.69) is 25.4 Å². The molecule has 1 aliphatic heterocycles. The molecular formula is C19H29N5O. The Balaban J connectivity index is 1.20. The van der Waals surface area contributed by atoms with Gasteiger partial charge < -0.3 is 15.2 Å². The van der Waals surface area contributed by atoms with Crippen molar-refractivity contribution in [2.45, 2.75) is 82.8 Å². The SMILES string of the molecule is Cc1nnc2n1CCC(NC(=O)NC13CC4CC(CC(C4)C1)C3)CC2. The maximum Gasteiger partial charge on any atom is 0.315 e. The largest absolute Gasteiger partial charge is 0.335 e. The molecule has 4 fully saturated rings. The number of hydrogen-bond acceptors (Lipinski definition) is 3. The molecule has 2 heterocycles. The fourth-order valence-electron chi connectivity index (χ4n) is 6.50. The van der Waals surface area contributed by atoms with Gasteiger partial charge in [-0.05, 0) is 76.0 Å². The van der Waals surface area contributed by atoms with Crippen LogP contribution in [-0.2, 0) is 13.0 Å². The first-order chi connectivity index (χ1) is 12.1. The first-order valence-electron chi connectivity index (χ1n) is 10.1. The standard InChI is InChI=1S/C19H29N5O/c1-12-22-23-17-3-2-16(4-5-24(12)17)20-18(25)21-19-9-13-6-14(10-19)8-15(7-13)11-19/h13-16H,2-11H2,1H3,(H2,20,21,25). The van der Waals surface area contributed by atoms with Gasteiger partial charge in [0.25, 0.3) is 0 Å². The third-order valence-corrected chi connectivity index (χ3v) is 7.18. The van der Waals surface area contributed by atoms with Crippen molar-refractivity contribution in [2.24, 2.45) is 17.8 Å². The molecule has 4 bridgehead atoms. The average Bonchev–Trinajstić information content (AvgIpc) is 2.76. The maximum absolute atomic E-state index is 12.7. The van der Waals surface area contributed by atoms with Crippen LogP contribution in [0.4, 0.5) is 4.79 Å². The number of nitrogens with zero attached hydrogens (tertiary/aromatic N) is 3. The van der Waals surface area contributed by atoms with E-state index in [0.717, 1.165) is 55.2 Å². The number of urea groups is 1. The van der Waals surface area contributed by atoms with E-state index in [1.54, 1.807) is 0 Å². The third kappa shape index (κ3) is 2.83. The summed E-state index contributed by atoms with van der Waals surface area (Å²) in [6, 6.07) is 0.288. The van der Waals surface area contributed by atoms with E-state index in [4.69, 9.17) is 0 Å². The summed E-state index contributed by atoms with van der Waals surface area (Å²) in [5, 5.41) is 15.1. The quantitative estimate of drug-likeness (QED) is 0.867. The van der Waals surface area contributed by atoms with Crippen molar-refractivity contribution in [2.75, 3.05) is 0 Å². The maximum atomic E-state index is 12.7. The molecule has 6 rings (SSSR count). The van der Waals surface area contributed by atoms with E-state index in [1.165, 1.54) is 38.5 Å². The molecule has 0 saturated heterocycles. The molecule has 0 radical (unpaired) electrons. The molecule has 1 atom stereocenters. The van der Waals surface area contributed by atoms with E-state index in [0.29, 0.717) is 0 Å². The summed E-state index contributed by atoms with van der Waals surface area (Å²) in [6.07, 6.45) is 10.6. The lowest BCUT2D eigenvalue weighted by Gasteiger charge is -2.56. The number of rotatable bonds is 2. The Morgan fingerprint density at radius 2 is 1.76 bits per heavy atom. The van der Waals surface area contributed by atoms with Crippen molar-refractivity contribution in [3.63, 3.8) is 0 Å². The minimum Gasteiger partial charge on any atom is -0.335 e. The summed E-state index contributed by atoms with van der Waals surface area (Å²) in [5.74, 6) is 4.61.